The monoisotopic (exact) mass is 276 g/mol. The third kappa shape index (κ3) is 3.73. The van der Waals surface area contributed by atoms with Crippen molar-refractivity contribution in [3.63, 3.8) is 0 Å². The van der Waals surface area contributed by atoms with Crippen molar-refractivity contribution < 1.29 is 23.9 Å². The summed E-state index contributed by atoms with van der Waals surface area (Å²) in [5, 5.41) is 0. The van der Waals surface area contributed by atoms with Crippen molar-refractivity contribution in [3.8, 4) is 0 Å². The number of hydrogen-bond donors (Lipinski definition) is 0. The van der Waals surface area contributed by atoms with E-state index < -0.39 is 11.9 Å². The van der Waals surface area contributed by atoms with E-state index in [1.165, 1.54) is 0 Å². The number of ketones is 2. The summed E-state index contributed by atoms with van der Waals surface area (Å²) in [5.41, 5.74) is 0. The molecule has 20 heavy (non-hydrogen) atoms. The van der Waals surface area contributed by atoms with Gasteiger partial charge in [0.25, 0.3) is 0 Å². The average molecular weight is 276 g/mol. The zero-order chi connectivity index (χ0) is 14.5. The summed E-state index contributed by atoms with van der Waals surface area (Å²) in [6.07, 6.45) is 8.81. The fraction of sp³-hybridized carbons (Fsp3) is 0.467. The van der Waals surface area contributed by atoms with Gasteiger partial charge in [-0.2, -0.15) is 0 Å². The molecule has 1 saturated carbocycles. The van der Waals surface area contributed by atoms with E-state index in [2.05, 4.69) is 4.74 Å². The highest BCUT2D eigenvalue weighted by Crippen LogP contribution is 2.22. The van der Waals surface area contributed by atoms with Crippen molar-refractivity contribution >= 4 is 23.5 Å². The molecule has 0 amide bonds. The van der Waals surface area contributed by atoms with Gasteiger partial charge in [-0.1, -0.05) is 24.3 Å². The maximum atomic E-state index is 11.4. The molecule has 0 bridgehead atoms. The van der Waals surface area contributed by atoms with E-state index in [1.807, 2.05) is 6.08 Å². The summed E-state index contributed by atoms with van der Waals surface area (Å²) in [6.45, 7) is 0. The molecular formula is C15H16O5. The van der Waals surface area contributed by atoms with E-state index >= 15 is 0 Å². The summed E-state index contributed by atoms with van der Waals surface area (Å²) in [6, 6.07) is 0. The van der Waals surface area contributed by atoms with Crippen molar-refractivity contribution in [3.05, 3.63) is 24.3 Å². The summed E-state index contributed by atoms with van der Waals surface area (Å²) >= 11 is 0. The molecule has 0 aromatic carbocycles. The van der Waals surface area contributed by atoms with Gasteiger partial charge in [0, 0.05) is 12.3 Å². The van der Waals surface area contributed by atoms with E-state index in [4.69, 9.17) is 0 Å². The molecule has 5 nitrogen and oxygen atoms in total. The molecule has 1 saturated heterocycles. The van der Waals surface area contributed by atoms with E-state index in [1.54, 1.807) is 18.2 Å². The number of hydrogen-bond acceptors (Lipinski definition) is 5. The SMILES string of the molecule is O=C1CC(=O)C(C/C=C/C=C/CC2CC(=O)OC2=O)C1. The smallest absolute Gasteiger partial charge is 0.317 e. The molecule has 2 atom stereocenters. The number of carbonyl (C=O) groups excluding carboxylic acids is 4. The second-order valence-corrected chi connectivity index (χ2v) is 5.10. The van der Waals surface area contributed by atoms with Gasteiger partial charge < -0.3 is 4.74 Å². The van der Waals surface area contributed by atoms with Crippen molar-refractivity contribution in [2.24, 2.45) is 11.8 Å². The lowest BCUT2D eigenvalue weighted by molar-refractivity contribution is -0.153. The molecular weight excluding hydrogens is 260 g/mol. The van der Waals surface area contributed by atoms with Crippen LogP contribution in [0.15, 0.2) is 24.3 Å². The minimum atomic E-state index is -0.464. The summed E-state index contributed by atoms with van der Waals surface area (Å²) in [5.74, 6) is -1.42. The Morgan fingerprint density at radius 3 is 2.10 bits per heavy atom. The number of allylic oxidation sites excluding steroid dienone is 4. The number of carbonyl (C=O) groups is 4. The molecule has 2 unspecified atom stereocenters. The molecule has 1 aliphatic heterocycles. The van der Waals surface area contributed by atoms with Gasteiger partial charge in [0.05, 0.1) is 18.8 Å². The van der Waals surface area contributed by atoms with Crippen LogP contribution in [0.5, 0.6) is 0 Å². The fourth-order valence-corrected chi connectivity index (χ4v) is 2.36. The lowest BCUT2D eigenvalue weighted by atomic mass is 10.0. The van der Waals surface area contributed by atoms with Gasteiger partial charge >= 0.3 is 11.9 Å². The number of Topliss-reactive ketones (excluding diaryl/α,β-unsaturated/α-hetero) is 2. The Morgan fingerprint density at radius 2 is 1.60 bits per heavy atom. The number of rotatable bonds is 5. The van der Waals surface area contributed by atoms with Gasteiger partial charge in [0.2, 0.25) is 0 Å². The van der Waals surface area contributed by atoms with Crippen LogP contribution < -0.4 is 0 Å². The topological polar surface area (TPSA) is 77.5 Å². The summed E-state index contributed by atoms with van der Waals surface area (Å²) < 4.78 is 4.44. The zero-order valence-corrected chi connectivity index (χ0v) is 11.0. The normalized spacial score (nSPS) is 27.2. The Morgan fingerprint density at radius 1 is 0.950 bits per heavy atom. The van der Waals surface area contributed by atoms with E-state index in [0.29, 0.717) is 19.3 Å². The summed E-state index contributed by atoms with van der Waals surface area (Å²) in [7, 11) is 0. The predicted octanol–water partition coefficient (Wildman–Crippen LogP) is 1.52. The minimum Gasteiger partial charge on any atom is -0.393 e. The van der Waals surface area contributed by atoms with Crippen LogP contribution in [0.2, 0.25) is 0 Å². The minimum absolute atomic E-state index is 0.0216. The van der Waals surface area contributed by atoms with Gasteiger partial charge in [0.1, 0.15) is 11.6 Å². The van der Waals surface area contributed by atoms with Crippen LogP contribution in [-0.2, 0) is 23.9 Å². The van der Waals surface area contributed by atoms with Crippen LogP contribution in [0.4, 0.5) is 0 Å². The summed E-state index contributed by atoms with van der Waals surface area (Å²) in [4.78, 5) is 44.5. The fourth-order valence-electron chi connectivity index (χ4n) is 2.36. The van der Waals surface area contributed by atoms with E-state index in [9.17, 15) is 19.2 Å². The lowest BCUT2D eigenvalue weighted by Gasteiger charge is -2.00. The number of cyclic esters (lactones) is 2. The molecule has 2 aliphatic rings. The van der Waals surface area contributed by atoms with Crippen LogP contribution in [0.1, 0.15) is 32.1 Å². The van der Waals surface area contributed by atoms with Crippen LogP contribution in [-0.4, -0.2) is 23.5 Å². The molecule has 0 N–H and O–H groups in total. The standard InChI is InChI=1S/C15H16O5/c16-12-7-10(13(17)9-12)5-3-1-2-4-6-11-8-14(18)20-15(11)19/h1-4,10-11H,5-9H2/b3-1+,4-2+. The largest absolute Gasteiger partial charge is 0.393 e. The average Bonchev–Trinajstić information content (AvgIpc) is 2.86. The van der Waals surface area contributed by atoms with Gasteiger partial charge in [-0.15, -0.1) is 0 Å². The Balaban J connectivity index is 1.70. The van der Waals surface area contributed by atoms with Crippen molar-refractivity contribution in [1.29, 1.82) is 0 Å². The van der Waals surface area contributed by atoms with Crippen LogP contribution in [0.3, 0.4) is 0 Å². The zero-order valence-electron chi connectivity index (χ0n) is 11.0. The van der Waals surface area contributed by atoms with Gasteiger partial charge in [0.15, 0.2) is 0 Å². The molecule has 2 fully saturated rings. The van der Waals surface area contributed by atoms with Gasteiger partial charge in [-0.3, -0.25) is 19.2 Å². The van der Waals surface area contributed by atoms with Gasteiger partial charge in [-0.05, 0) is 12.8 Å². The number of esters is 2. The van der Waals surface area contributed by atoms with E-state index in [-0.39, 0.29) is 36.2 Å². The van der Waals surface area contributed by atoms with Crippen LogP contribution >= 0.6 is 0 Å². The number of ether oxygens (including phenoxy) is 1. The molecule has 0 aromatic rings. The highest BCUT2D eigenvalue weighted by atomic mass is 16.6. The first-order valence-corrected chi connectivity index (χ1v) is 6.67. The van der Waals surface area contributed by atoms with Crippen molar-refractivity contribution in [2.75, 3.05) is 0 Å². The maximum Gasteiger partial charge on any atom is 0.317 e. The highest BCUT2D eigenvalue weighted by Gasteiger charge is 2.32. The quantitative estimate of drug-likeness (QED) is 0.432. The first kappa shape index (κ1) is 14.4. The second kappa shape index (κ2) is 6.41. The first-order chi connectivity index (χ1) is 9.56. The van der Waals surface area contributed by atoms with Crippen LogP contribution in [0.25, 0.3) is 0 Å². The van der Waals surface area contributed by atoms with Crippen molar-refractivity contribution in [2.45, 2.75) is 32.1 Å². The lowest BCUT2D eigenvalue weighted by Crippen LogP contribution is -2.05. The molecule has 106 valence electrons. The molecule has 1 heterocycles. The van der Waals surface area contributed by atoms with Crippen molar-refractivity contribution in [1.82, 2.24) is 0 Å². The second-order valence-electron chi connectivity index (χ2n) is 5.10. The first-order valence-electron chi connectivity index (χ1n) is 6.67. The molecule has 0 radical (unpaired) electrons. The Hall–Kier alpha value is -2.04. The molecule has 2 rings (SSSR count). The highest BCUT2D eigenvalue weighted by molar-refractivity contribution is 6.07. The Labute approximate surface area is 116 Å². The Kier molecular flexibility index (Phi) is 4.61. The molecule has 5 heteroatoms. The van der Waals surface area contributed by atoms with Gasteiger partial charge in [-0.25, -0.2) is 0 Å². The Bertz CT molecular complexity index is 454. The third-order valence-corrected chi connectivity index (χ3v) is 3.49. The molecule has 0 spiro atoms. The molecule has 0 aromatic heterocycles. The van der Waals surface area contributed by atoms with E-state index in [0.717, 1.165) is 0 Å². The molecule has 1 aliphatic carbocycles. The maximum absolute atomic E-state index is 11.4. The predicted molar refractivity (Wildman–Crippen MR) is 69.5 cm³/mol. The van der Waals surface area contributed by atoms with Crippen LogP contribution in [0, 0.1) is 11.8 Å². The third-order valence-electron chi connectivity index (χ3n) is 3.49.